The third-order valence-corrected chi connectivity index (χ3v) is 2.91. The fourth-order valence-corrected chi connectivity index (χ4v) is 2.12. The largest absolute Gasteiger partial charge is 0.353 e. The number of nitrogens with two attached hydrogens (primary N) is 1. The van der Waals surface area contributed by atoms with Gasteiger partial charge in [0.1, 0.15) is 0 Å². The van der Waals surface area contributed by atoms with Gasteiger partial charge in [-0.25, -0.2) is 0 Å². The Morgan fingerprint density at radius 1 is 1.43 bits per heavy atom. The highest BCUT2D eigenvalue weighted by Crippen LogP contribution is 2.21. The number of aromatic nitrogens is 1. The SMILES string of the molecule is Cl.Cn1cccc1[C@@H](N)c1ccsc1. The molecule has 0 fully saturated rings. The minimum Gasteiger partial charge on any atom is -0.353 e. The second-order valence-corrected chi connectivity index (χ2v) is 3.86. The molecule has 0 aromatic carbocycles. The van der Waals surface area contributed by atoms with Crippen LogP contribution in [0.2, 0.25) is 0 Å². The first-order valence-electron chi connectivity index (χ1n) is 4.18. The first kappa shape index (κ1) is 11.3. The lowest BCUT2D eigenvalue weighted by atomic mass is 10.1. The van der Waals surface area contributed by atoms with E-state index in [0.717, 1.165) is 5.69 Å². The molecule has 0 spiro atoms. The molecular weight excluding hydrogens is 216 g/mol. The van der Waals surface area contributed by atoms with E-state index in [0.29, 0.717) is 0 Å². The summed E-state index contributed by atoms with van der Waals surface area (Å²) in [6, 6.07) is 6.15. The second-order valence-electron chi connectivity index (χ2n) is 3.08. The topological polar surface area (TPSA) is 30.9 Å². The van der Waals surface area contributed by atoms with E-state index in [-0.39, 0.29) is 18.4 Å². The summed E-state index contributed by atoms with van der Waals surface area (Å²) in [5, 5.41) is 4.15. The number of rotatable bonds is 2. The van der Waals surface area contributed by atoms with Crippen molar-refractivity contribution in [2.24, 2.45) is 12.8 Å². The van der Waals surface area contributed by atoms with Crippen molar-refractivity contribution >= 4 is 23.7 Å². The number of hydrogen-bond acceptors (Lipinski definition) is 2. The van der Waals surface area contributed by atoms with Crippen LogP contribution in [0.15, 0.2) is 35.2 Å². The molecule has 0 unspecified atom stereocenters. The first-order chi connectivity index (χ1) is 6.29. The summed E-state index contributed by atoms with van der Waals surface area (Å²) in [4.78, 5) is 0. The van der Waals surface area contributed by atoms with Crippen molar-refractivity contribution < 1.29 is 0 Å². The first-order valence-corrected chi connectivity index (χ1v) is 5.12. The Morgan fingerprint density at radius 3 is 2.71 bits per heavy atom. The van der Waals surface area contributed by atoms with E-state index in [1.54, 1.807) is 11.3 Å². The van der Waals surface area contributed by atoms with Gasteiger partial charge in [0.05, 0.1) is 6.04 Å². The third-order valence-electron chi connectivity index (χ3n) is 2.20. The van der Waals surface area contributed by atoms with Gasteiger partial charge < -0.3 is 10.3 Å². The zero-order valence-electron chi connectivity index (χ0n) is 7.88. The molecule has 76 valence electrons. The predicted octanol–water partition coefficient (Wildman–Crippen LogP) is 2.56. The summed E-state index contributed by atoms with van der Waals surface area (Å²) in [5.41, 5.74) is 8.43. The van der Waals surface area contributed by atoms with Crippen LogP contribution >= 0.6 is 23.7 Å². The van der Waals surface area contributed by atoms with Gasteiger partial charge in [-0.05, 0) is 34.5 Å². The van der Waals surface area contributed by atoms with Crippen molar-refractivity contribution in [3.8, 4) is 0 Å². The molecule has 2 aromatic heterocycles. The van der Waals surface area contributed by atoms with Crippen LogP contribution in [0.1, 0.15) is 17.3 Å². The van der Waals surface area contributed by atoms with E-state index < -0.39 is 0 Å². The molecule has 14 heavy (non-hydrogen) atoms. The standard InChI is InChI=1S/C10H12N2S.ClH/c1-12-5-2-3-9(12)10(11)8-4-6-13-7-8;/h2-7,10H,11H2,1H3;1H/t10-;/m0./s1. The van der Waals surface area contributed by atoms with E-state index in [1.807, 2.05) is 19.3 Å². The van der Waals surface area contributed by atoms with Crippen molar-refractivity contribution in [3.63, 3.8) is 0 Å². The molecule has 2 rings (SSSR count). The maximum Gasteiger partial charge on any atom is 0.0714 e. The molecule has 0 bridgehead atoms. The molecule has 2 heterocycles. The molecular formula is C10H13ClN2S. The van der Waals surface area contributed by atoms with Crippen LogP contribution in [0.3, 0.4) is 0 Å². The van der Waals surface area contributed by atoms with Crippen LogP contribution in [0.25, 0.3) is 0 Å². The maximum absolute atomic E-state index is 6.09. The highest BCUT2D eigenvalue weighted by Gasteiger charge is 2.10. The number of halogens is 1. The van der Waals surface area contributed by atoms with Gasteiger partial charge in [-0.3, -0.25) is 0 Å². The van der Waals surface area contributed by atoms with Crippen molar-refractivity contribution in [1.29, 1.82) is 0 Å². The quantitative estimate of drug-likeness (QED) is 0.842. The molecule has 1 atom stereocenters. The molecule has 2 N–H and O–H groups in total. The highest BCUT2D eigenvalue weighted by atomic mass is 35.5. The van der Waals surface area contributed by atoms with Crippen LogP contribution in [0, 0.1) is 0 Å². The Bertz CT molecular complexity index is 380. The van der Waals surface area contributed by atoms with Crippen molar-refractivity contribution in [3.05, 3.63) is 46.4 Å². The Kier molecular flexibility index (Phi) is 3.75. The summed E-state index contributed by atoms with van der Waals surface area (Å²) in [6.07, 6.45) is 2.02. The zero-order valence-corrected chi connectivity index (χ0v) is 9.52. The van der Waals surface area contributed by atoms with Gasteiger partial charge in [0, 0.05) is 18.9 Å². The van der Waals surface area contributed by atoms with Gasteiger partial charge in [-0.1, -0.05) is 0 Å². The van der Waals surface area contributed by atoms with Crippen LogP contribution < -0.4 is 5.73 Å². The molecule has 0 aliphatic rings. The summed E-state index contributed by atoms with van der Waals surface area (Å²) in [6.45, 7) is 0. The highest BCUT2D eigenvalue weighted by molar-refractivity contribution is 7.07. The van der Waals surface area contributed by atoms with E-state index >= 15 is 0 Å². The molecule has 2 aromatic rings. The monoisotopic (exact) mass is 228 g/mol. The smallest absolute Gasteiger partial charge is 0.0714 e. The average molecular weight is 229 g/mol. The Balaban J connectivity index is 0.000000980. The molecule has 0 aliphatic heterocycles. The molecule has 0 saturated carbocycles. The Labute approximate surface area is 93.8 Å². The molecule has 0 saturated heterocycles. The van der Waals surface area contributed by atoms with Gasteiger partial charge in [-0.2, -0.15) is 11.3 Å². The fourth-order valence-electron chi connectivity index (χ4n) is 1.42. The summed E-state index contributed by atoms with van der Waals surface area (Å²) in [5.74, 6) is 0. The average Bonchev–Trinajstić information content (AvgIpc) is 2.72. The summed E-state index contributed by atoms with van der Waals surface area (Å²) < 4.78 is 2.06. The summed E-state index contributed by atoms with van der Waals surface area (Å²) in [7, 11) is 2.02. The number of nitrogens with zero attached hydrogens (tertiary/aromatic N) is 1. The second kappa shape index (κ2) is 4.64. The minimum atomic E-state index is 0. The Morgan fingerprint density at radius 2 is 2.21 bits per heavy atom. The molecule has 4 heteroatoms. The molecule has 2 nitrogen and oxygen atoms in total. The van der Waals surface area contributed by atoms with Gasteiger partial charge in [0.2, 0.25) is 0 Å². The number of thiophene rings is 1. The van der Waals surface area contributed by atoms with Crippen LogP contribution in [0.4, 0.5) is 0 Å². The fraction of sp³-hybridized carbons (Fsp3) is 0.200. The van der Waals surface area contributed by atoms with Crippen LogP contribution in [-0.2, 0) is 7.05 Å². The van der Waals surface area contributed by atoms with E-state index in [4.69, 9.17) is 5.73 Å². The minimum absolute atomic E-state index is 0. The molecule has 0 aliphatic carbocycles. The van der Waals surface area contributed by atoms with Crippen molar-refractivity contribution in [1.82, 2.24) is 4.57 Å². The maximum atomic E-state index is 6.09. The zero-order chi connectivity index (χ0) is 9.26. The van der Waals surface area contributed by atoms with Crippen LogP contribution in [0.5, 0.6) is 0 Å². The van der Waals surface area contributed by atoms with Gasteiger partial charge in [0.15, 0.2) is 0 Å². The lowest BCUT2D eigenvalue weighted by molar-refractivity contribution is 0.749. The van der Waals surface area contributed by atoms with E-state index in [9.17, 15) is 0 Å². The van der Waals surface area contributed by atoms with Gasteiger partial charge in [0.25, 0.3) is 0 Å². The van der Waals surface area contributed by atoms with Crippen LogP contribution in [-0.4, -0.2) is 4.57 Å². The van der Waals surface area contributed by atoms with E-state index in [2.05, 4.69) is 27.5 Å². The predicted molar refractivity (Wildman–Crippen MR) is 63.0 cm³/mol. The van der Waals surface area contributed by atoms with Crippen molar-refractivity contribution in [2.75, 3.05) is 0 Å². The third kappa shape index (κ3) is 2.00. The van der Waals surface area contributed by atoms with Crippen molar-refractivity contribution in [2.45, 2.75) is 6.04 Å². The molecule has 0 amide bonds. The lowest BCUT2D eigenvalue weighted by Gasteiger charge is -2.10. The summed E-state index contributed by atoms with van der Waals surface area (Å²) >= 11 is 1.68. The Hall–Kier alpha value is -0.770. The number of aryl methyl sites for hydroxylation is 1. The van der Waals surface area contributed by atoms with E-state index in [1.165, 1.54) is 5.56 Å². The normalized spacial score (nSPS) is 12.1. The van der Waals surface area contributed by atoms with Gasteiger partial charge >= 0.3 is 0 Å². The number of hydrogen-bond donors (Lipinski definition) is 1. The van der Waals surface area contributed by atoms with Gasteiger partial charge in [-0.15, -0.1) is 12.4 Å². The lowest BCUT2D eigenvalue weighted by Crippen LogP contribution is -2.14. The molecule has 0 radical (unpaired) electrons.